The van der Waals surface area contributed by atoms with Gasteiger partial charge >= 0.3 is 0 Å². The molecule has 0 aliphatic carbocycles. The highest BCUT2D eigenvalue weighted by molar-refractivity contribution is 7.99. The molecule has 16 heavy (non-hydrogen) atoms. The second-order valence-electron chi connectivity index (χ2n) is 3.64. The number of allylic oxidation sites excluding steroid dienone is 1. The monoisotopic (exact) mass is 230 g/mol. The minimum Gasteiger partial charge on any atom is -0.260 e. The summed E-state index contributed by atoms with van der Waals surface area (Å²) in [5.41, 5.74) is 3.33. The van der Waals surface area contributed by atoms with Crippen molar-refractivity contribution < 1.29 is 0 Å². The molecule has 0 aromatic carbocycles. The summed E-state index contributed by atoms with van der Waals surface area (Å²) in [6, 6.07) is 3.99. The van der Waals surface area contributed by atoms with Crippen LogP contribution in [0, 0.1) is 18.3 Å². The summed E-state index contributed by atoms with van der Waals surface area (Å²) in [5.74, 6) is 0.866. The molecule has 0 N–H and O–H groups in total. The zero-order valence-corrected chi connectivity index (χ0v) is 10.4. The molecule has 1 heterocycles. The molecule has 3 heteroatoms. The normalized spacial score (nSPS) is 9.56. The predicted octanol–water partition coefficient (Wildman–Crippen LogP) is 3.60. The molecular weight excluding hydrogens is 216 g/mol. The van der Waals surface area contributed by atoms with E-state index < -0.39 is 0 Å². The van der Waals surface area contributed by atoms with Crippen LogP contribution in [-0.2, 0) is 0 Å². The van der Waals surface area contributed by atoms with Gasteiger partial charge in [-0.3, -0.25) is 4.98 Å². The fourth-order valence-corrected chi connectivity index (χ4v) is 1.96. The molecular formula is C13H14N2S. The van der Waals surface area contributed by atoms with Crippen LogP contribution in [0.25, 0.3) is 5.57 Å². The number of thioether (sulfide) groups is 1. The first-order valence-electron chi connectivity index (χ1n) is 4.87. The summed E-state index contributed by atoms with van der Waals surface area (Å²) in [4.78, 5) is 5.34. The first kappa shape index (κ1) is 12.5. The van der Waals surface area contributed by atoms with E-state index in [9.17, 15) is 0 Å². The van der Waals surface area contributed by atoms with E-state index in [-0.39, 0.29) is 0 Å². The van der Waals surface area contributed by atoms with E-state index in [1.165, 1.54) is 0 Å². The van der Waals surface area contributed by atoms with Crippen molar-refractivity contribution in [3.8, 4) is 6.07 Å². The summed E-state index contributed by atoms with van der Waals surface area (Å²) in [6.07, 6.45) is 1.69. The van der Waals surface area contributed by atoms with Gasteiger partial charge in [-0.1, -0.05) is 18.7 Å². The van der Waals surface area contributed by atoms with Gasteiger partial charge in [0.2, 0.25) is 0 Å². The number of rotatable bonds is 4. The fraction of sp³-hybridized carbons (Fsp3) is 0.231. The summed E-state index contributed by atoms with van der Waals surface area (Å²) >= 11 is 1.68. The lowest BCUT2D eigenvalue weighted by atomic mass is 10.1. The van der Waals surface area contributed by atoms with Gasteiger partial charge in [-0.05, 0) is 19.9 Å². The third kappa shape index (κ3) is 3.25. The number of pyridine rings is 1. The molecule has 0 atom stereocenters. The molecule has 0 amide bonds. The highest BCUT2D eigenvalue weighted by Gasteiger charge is 2.05. The molecule has 0 spiro atoms. The Morgan fingerprint density at radius 2 is 2.25 bits per heavy atom. The summed E-state index contributed by atoms with van der Waals surface area (Å²) in [6.45, 7) is 11.5. The van der Waals surface area contributed by atoms with E-state index in [4.69, 9.17) is 5.26 Å². The highest BCUT2D eigenvalue weighted by atomic mass is 32.2. The van der Waals surface area contributed by atoms with Crippen molar-refractivity contribution >= 4 is 17.3 Å². The Labute approximate surface area is 101 Å². The maximum absolute atomic E-state index is 8.77. The second-order valence-corrected chi connectivity index (χ2v) is 4.66. The van der Waals surface area contributed by atoms with Crippen molar-refractivity contribution in [1.29, 1.82) is 5.26 Å². The number of aromatic nitrogens is 1. The number of nitrogens with zero attached hydrogens (tertiary/aromatic N) is 2. The lowest BCUT2D eigenvalue weighted by Crippen LogP contribution is -1.91. The molecule has 0 bridgehead atoms. The maximum Gasteiger partial charge on any atom is 0.0992 e. The van der Waals surface area contributed by atoms with E-state index in [1.54, 1.807) is 18.0 Å². The van der Waals surface area contributed by atoms with Gasteiger partial charge in [0, 0.05) is 22.4 Å². The largest absolute Gasteiger partial charge is 0.260 e. The third-order valence-electron chi connectivity index (χ3n) is 2.00. The molecule has 1 rings (SSSR count). The quantitative estimate of drug-likeness (QED) is 0.450. The van der Waals surface area contributed by atoms with Crippen LogP contribution in [0.3, 0.4) is 0 Å². The molecule has 1 aromatic heterocycles. The van der Waals surface area contributed by atoms with Crippen LogP contribution in [0.5, 0.6) is 0 Å². The van der Waals surface area contributed by atoms with Crippen LogP contribution in [0.4, 0.5) is 0 Å². The Hall–Kier alpha value is -1.53. The van der Waals surface area contributed by atoms with Gasteiger partial charge in [0.25, 0.3) is 0 Å². The summed E-state index contributed by atoms with van der Waals surface area (Å²) < 4.78 is 0. The van der Waals surface area contributed by atoms with Crippen LogP contribution in [0.2, 0.25) is 0 Å². The lowest BCUT2D eigenvalue weighted by Gasteiger charge is -2.06. The maximum atomic E-state index is 8.77. The zero-order chi connectivity index (χ0) is 12.1. The van der Waals surface area contributed by atoms with Crippen LogP contribution in [0.1, 0.15) is 18.2 Å². The van der Waals surface area contributed by atoms with Crippen molar-refractivity contribution in [3.63, 3.8) is 0 Å². The van der Waals surface area contributed by atoms with E-state index in [0.29, 0.717) is 5.57 Å². The van der Waals surface area contributed by atoms with Gasteiger partial charge in [0.15, 0.2) is 0 Å². The van der Waals surface area contributed by atoms with Gasteiger partial charge in [-0.15, -0.1) is 11.8 Å². The Morgan fingerprint density at radius 1 is 1.56 bits per heavy atom. The second kappa shape index (κ2) is 5.53. The molecule has 0 fully saturated rings. The standard InChI is InChI=1S/C13H14N2S/c1-9(2)8-16-13-5-12(10(3)6-14)7-15-11(13)4/h5,7H,1,3,8H2,2,4H3. The topological polar surface area (TPSA) is 36.7 Å². The molecule has 0 unspecified atom stereocenters. The Bertz CT molecular complexity index is 469. The molecule has 0 saturated carbocycles. The molecule has 0 radical (unpaired) electrons. The molecule has 1 aromatic rings. The van der Waals surface area contributed by atoms with Crippen molar-refractivity contribution in [2.75, 3.05) is 5.75 Å². The van der Waals surface area contributed by atoms with E-state index >= 15 is 0 Å². The molecule has 2 nitrogen and oxygen atoms in total. The fourth-order valence-electron chi connectivity index (χ4n) is 1.09. The Morgan fingerprint density at radius 3 is 2.81 bits per heavy atom. The smallest absolute Gasteiger partial charge is 0.0992 e. The van der Waals surface area contributed by atoms with E-state index in [1.807, 2.05) is 26.0 Å². The van der Waals surface area contributed by atoms with Gasteiger partial charge in [0.1, 0.15) is 0 Å². The Kier molecular flexibility index (Phi) is 4.33. The number of aryl methyl sites for hydroxylation is 1. The van der Waals surface area contributed by atoms with Crippen LogP contribution in [-0.4, -0.2) is 10.7 Å². The number of hydrogen-bond acceptors (Lipinski definition) is 3. The first-order chi connectivity index (χ1) is 7.54. The zero-order valence-electron chi connectivity index (χ0n) is 9.58. The summed E-state index contributed by atoms with van der Waals surface area (Å²) in [5, 5.41) is 8.77. The van der Waals surface area contributed by atoms with Gasteiger partial charge in [0.05, 0.1) is 17.3 Å². The van der Waals surface area contributed by atoms with Gasteiger partial charge < -0.3 is 0 Å². The minimum atomic E-state index is 0.449. The lowest BCUT2D eigenvalue weighted by molar-refractivity contribution is 1.11. The number of hydrogen-bond donors (Lipinski definition) is 0. The van der Waals surface area contributed by atoms with Crippen molar-refractivity contribution in [2.45, 2.75) is 18.7 Å². The van der Waals surface area contributed by atoms with Crippen molar-refractivity contribution in [1.82, 2.24) is 4.98 Å². The average Bonchev–Trinajstić information content (AvgIpc) is 2.26. The minimum absolute atomic E-state index is 0.449. The van der Waals surface area contributed by atoms with Crippen LogP contribution >= 0.6 is 11.8 Å². The predicted molar refractivity (Wildman–Crippen MR) is 69.2 cm³/mol. The van der Waals surface area contributed by atoms with Crippen molar-refractivity contribution in [2.24, 2.45) is 0 Å². The van der Waals surface area contributed by atoms with E-state index in [2.05, 4.69) is 18.1 Å². The van der Waals surface area contributed by atoms with Crippen LogP contribution in [0.15, 0.2) is 35.9 Å². The Balaban J connectivity index is 2.95. The number of nitriles is 1. The third-order valence-corrected chi connectivity index (χ3v) is 3.36. The average molecular weight is 230 g/mol. The first-order valence-corrected chi connectivity index (χ1v) is 5.86. The van der Waals surface area contributed by atoms with E-state index in [0.717, 1.165) is 27.5 Å². The molecule has 0 aliphatic rings. The highest BCUT2D eigenvalue weighted by Crippen LogP contribution is 2.25. The summed E-state index contributed by atoms with van der Waals surface area (Å²) in [7, 11) is 0. The van der Waals surface area contributed by atoms with Gasteiger partial charge in [-0.25, -0.2) is 0 Å². The molecule has 82 valence electrons. The van der Waals surface area contributed by atoms with Crippen LogP contribution < -0.4 is 0 Å². The van der Waals surface area contributed by atoms with Crippen molar-refractivity contribution in [3.05, 3.63) is 42.3 Å². The molecule has 0 saturated heterocycles. The van der Waals surface area contributed by atoms with Gasteiger partial charge in [-0.2, -0.15) is 5.26 Å². The molecule has 0 aliphatic heterocycles. The SMILES string of the molecule is C=C(C)CSc1cc(C(=C)C#N)cnc1C.